The summed E-state index contributed by atoms with van der Waals surface area (Å²) in [4.78, 5) is 6.68. The minimum Gasteiger partial charge on any atom is -0.396 e. The van der Waals surface area contributed by atoms with Crippen molar-refractivity contribution in [3.8, 4) is 11.4 Å². The van der Waals surface area contributed by atoms with E-state index in [1.807, 2.05) is 24.3 Å². The maximum atomic E-state index is 9.26. The van der Waals surface area contributed by atoms with Crippen molar-refractivity contribution < 1.29 is 9.63 Å². The number of rotatable bonds is 4. The number of hydrogen-bond acceptors (Lipinski definition) is 5. The molecule has 0 spiro atoms. The lowest BCUT2D eigenvalue weighted by atomic mass is 9.99. The van der Waals surface area contributed by atoms with E-state index < -0.39 is 0 Å². The van der Waals surface area contributed by atoms with Crippen LogP contribution in [0.15, 0.2) is 28.8 Å². The Morgan fingerprint density at radius 3 is 2.90 bits per heavy atom. The lowest BCUT2D eigenvalue weighted by Gasteiger charge is -2.30. The Kier molecular flexibility index (Phi) is 4.53. The number of piperidine rings is 1. The van der Waals surface area contributed by atoms with Crippen LogP contribution in [0.2, 0.25) is 5.02 Å². The maximum Gasteiger partial charge on any atom is 0.241 e. The van der Waals surface area contributed by atoms with Crippen LogP contribution >= 0.6 is 11.6 Å². The largest absolute Gasteiger partial charge is 0.396 e. The van der Waals surface area contributed by atoms with Gasteiger partial charge in [0.25, 0.3) is 0 Å². The van der Waals surface area contributed by atoms with Gasteiger partial charge in [0.2, 0.25) is 11.7 Å². The third kappa shape index (κ3) is 3.61. The van der Waals surface area contributed by atoms with Gasteiger partial charge in [0.1, 0.15) is 0 Å². The SMILES string of the molecule is OC[C@@H]1CCCN(Cc2nc(-c3ccc(Cl)cc3)no2)C1. The molecule has 0 radical (unpaired) electrons. The van der Waals surface area contributed by atoms with Crippen LogP contribution in [0.25, 0.3) is 11.4 Å². The second-order valence-electron chi connectivity index (χ2n) is 5.44. The number of likely N-dealkylation sites (tertiary alicyclic amines) is 1. The van der Waals surface area contributed by atoms with Crippen LogP contribution in [0.1, 0.15) is 18.7 Å². The van der Waals surface area contributed by atoms with Crippen LogP contribution in [-0.2, 0) is 6.54 Å². The van der Waals surface area contributed by atoms with Gasteiger partial charge in [0.05, 0.1) is 6.54 Å². The summed E-state index contributed by atoms with van der Waals surface area (Å²) in [6.45, 7) is 2.78. The molecule has 1 atom stereocenters. The molecule has 2 heterocycles. The first kappa shape index (κ1) is 14.5. The van der Waals surface area contributed by atoms with Gasteiger partial charge in [0.15, 0.2) is 0 Å². The lowest BCUT2D eigenvalue weighted by Crippen LogP contribution is -2.36. The lowest BCUT2D eigenvalue weighted by molar-refractivity contribution is 0.107. The summed E-state index contributed by atoms with van der Waals surface area (Å²) in [7, 11) is 0. The molecule has 1 aromatic carbocycles. The van der Waals surface area contributed by atoms with Crippen LogP contribution in [0.3, 0.4) is 0 Å². The Hall–Kier alpha value is -1.43. The van der Waals surface area contributed by atoms with Crippen LogP contribution in [0.4, 0.5) is 0 Å². The third-order valence-electron chi connectivity index (χ3n) is 3.79. The molecule has 112 valence electrons. The summed E-state index contributed by atoms with van der Waals surface area (Å²) in [5, 5.41) is 14.0. The molecule has 1 aliphatic rings. The first-order valence-electron chi connectivity index (χ1n) is 7.16. The molecule has 1 N–H and O–H groups in total. The normalized spacial score (nSPS) is 19.8. The van der Waals surface area contributed by atoms with Crippen molar-refractivity contribution in [1.29, 1.82) is 0 Å². The van der Waals surface area contributed by atoms with Crippen molar-refractivity contribution in [2.24, 2.45) is 5.92 Å². The number of aliphatic hydroxyl groups excluding tert-OH is 1. The monoisotopic (exact) mass is 307 g/mol. The summed E-state index contributed by atoms with van der Waals surface area (Å²) < 4.78 is 5.32. The maximum absolute atomic E-state index is 9.26. The van der Waals surface area contributed by atoms with Crippen LogP contribution in [-0.4, -0.2) is 39.8 Å². The van der Waals surface area contributed by atoms with Gasteiger partial charge in [0, 0.05) is 23.7 Å². The molecule has 5 nitrogen and oxygen atoms in total. The fourth-order valence-electron chi connectivity index (χ4n) is 2.67. The Bertz CT molecular complexity index is 585. The minimum absolute atomic E-state index is 0.246. The van der Waals surface area contributed by atoms with Gasteiger partial charge >= 0.3 is 0 Å². The third-order valence-corrected chi connectivity index (χ3v) is 4.04. The van der Waals surface area contributed by atoms with Crippen molar-refractivity contribution in [1.82, 2.24) is 15.0 Å². The molecule has 0 unspecified atom stereocenters. The predicted molar refractivity (Wildman–Crippen MR) is 79.8 cm³/mol. The highest BCUT2D eigenvalue weighted by Crippen LogP contribution is 2.21. The molecule has 6 heteroatoms. The van der Waals surface area contributed by atoms with Gasteiger partial charge in [-0.2, -0.15) is 4.98 Å². The highest BCUT2D eigenvalue weighted by molar-refractivity contribution is 6.30. The van der Waals surface area contributed by atoms with Crippen molar-refractivity contribution in [2.45, 2.75) is 19.4 Å². The number of aliphatic hydroxyl groups is 1. The van der Waals surface area contributed by atoms with E-state index in [1.54, 1.807) is 0 Å². The zero-order valence-electron chi connectivity index (χ0n) is 11.7. The predicted octanol–water partition coefficient (Wildman–Crippen LogP) is 2.59. The standard InChI is InChI=1S/C15H18ClN3O2/c16-13-5-3-12(4-6-13)15-17-14(21-18-15)9-19-7-1-2-11(8-19)10-20/h3-6,11,20H,1-2,7-10H2/t11-/m1/s1. The zero-order valence-corrected chi connectivity index (χ0v) is 12.5. The molecule has 1 saturated heterocycles. The van der Waals surface area contributed by atoms with E-state index in [2.05, 4.69) is 15.0 Å². The molecule has 0 bridgehead atoms. The van der Waals surface area contributed by atoms with Crippen molar-refractivity contribution >= 4 is 11.6 Å². The van der Waals surface area contributed by atoms with E-state index in [1.165, 1.54) is 0 Å². The number of benzene rings is 1. The smallest absolute Gasteiger partial charge is 0.241 e. The number of aromatic nitrogens is 2. The summed E-state index contributed by atoms with van der Waals surface area (Å²) in [5.74, 6) is 1.55. The van der Waals surface area contributed by atoms with Crippen molar-refractivity contribution in [3.63, 3.8) is 0 Å². The van der Waals surface area contributed by atoms with Gasteiger partial charge in [-0.25, -0.2) is 0 Å². The van der Waals surface area contributed by atoms with Crippen LogP contribution < -0.4 is 0 Å². The summed E-state index contributed by atoms with van der Waals surface area (Å²) >= 11 is 5.87. The Morgan fingerprint density at radius 1 is 1.33 bits per heavy atom. The quantitative estimate of drug-likeness (QED) is 0.940. The van der Waals surface area contributed by atoms with Gasteiger partial charge in [-0.05, 0) is 49.6 Å². The van der Waals surface area contributed by atoms with Gasteiger partial charge < -0.3 is 9.63 Å². The Labute approximate surface area is 128 Å². The van der Waals surface area contributed by atoms with Crippen LogP contribution in [0, 0.1) is 5.92 Å². The van der Waals surface area contributed by atoms with E-state index in [9.17, 15) is 5.11 Å². The average molecular weight is 308 g/mol. The van der Waals surface area contributed by atoms with Crippen molar-refractivity contribution in [2.75, 3.05) is 19.7 Å². The van der Waals surface area contributed by atoms with E-state index >= 15 is 0 Å². The van der Waals surface area contributed by atoms with E-state index in [-0.39, 0.29) is 6.61 Å². The second kappa shape index (κ2) is 6.56. The van der Waals surface area contributed by atoms with Gasteiger partial charge in [-0.3, -0.25) is 4.90 Å². The van der Waals surface area contributed by atoms with Crippen LogP contribution in [0.5, 0.6) is 0 Å². The number of nitrogens with zero attached hydrogens (tertiary/aromatic N) is 3. The first-order chi connectivity index (χ1) is 10.2. The minimum atomic E-state index is 0.246. The molecule has 0 aliphatic carbocycles. The Morgan fingerprint density at radius 2 is 2.14 bits per heavy atom. The molecular formula is C15H18ClN3O2. The van der Waals surface area contributed by atoms with Gasteiger partial charge in [-0.15, -0.1) is 0 Å². The molecule has 1 aromatic heterocycles. The average Bonchev–Trinajstić information content (AvgIpc) is 2.96. The summed E-state index contributed by atoms with van der Waals surface area (Å²) in [5.41, 5.74) is 0.890. The topological polar surface area (TPSA) is 62.4 Å². The highest BCUT2D eigenvalue weighted by atomic mass is 35.5. The molecule has 0 amide bonds. The molecule has 3 rings (SSSR count). The number of hydrogen-bond donors (Lipinski definition) is 1. The zero-order chi connectivity index (χ0) is 14.7. The van der Waals surface area contributed by atoms with E-state index in [0.29, 0.717) is 29.2 Å². The molecule has 21 heavy (non-hydrogen) atoms. The Balaban J connectivity index is 1.66. The summed E-state index contributed by atoms with van der Waals surface area (Å²) in [6, 6.07) is 7.37. The second-order valence-corrected chi connectivity index (χ2v) is 5.88. The highest BCUT2D eigenvalue weighted by Gasteiger charge is 2.21. The van der Waals surface area contributed by atoms with E-state index in [0.717, 1.165) is 31.5 Å². The molecule has 0 saturated carbocycles. The first-order valence-corrected chi connectivity index (χ1v) is 7.54. The van der Waals surface area contributed by atoms with Crippen molar-refractivity contribution in [3.05, 3.63) is 35.2 Å². The molecular weight excluding hydrogens is 290 g/mol. The van der Waals surface area contributed by atoms with E-state index in [4.69, 9.17) is 16.1 Å². The summed E-state index contributed by atoms with van der Waals surface area (Å²) in [6.07, 6.45) is 2.19. The number of halogens is 1. The fraction of sp³-hybridized carbons (Fsp3) is 0.467. The van der Waals surface area contributed by atoms with Gasteiger partial charge in [-0.1, -0.05) is 16.8 Å². The molecule has 2 aromatic rings. The fourth-order valence-corrected chi connectivity index (χ4v) is 2.80. The molecule has 1 fully saturated rings. The molecule has 1 aliphatic heterocycles.